The number of rotatable bonds is 5. The van der Waals surface area contributed by atoms with E-state index in [-0.39, 0.29) is 17.3 Å². The van der Waals surface area contributed by atoms with Crippen molar-refractivity contribution in [2.24, 2.45) is 0 Å². The maximum absolute atomic E-state index is 11.9. The molecule has 0 aliphatic carbocycles. The molecule has 2 aromatic heterocycles. The zero-order valence-corrected chi connectivity index (χ0v) is 16.9. The molecule has 2 N–H and O–H groups in total. The third-order valence-corrected chi connectivity index (χ3v) is 5.05. The number of nitro groups is 1. The lowest BCUT2D eigenvalue weighted by molar-refractivity contribution is -0.383. The predicted molar refractivity (Wildman–Crippen MR) is 118 cm³/mol. The van der Waals surface area contributed by atoms with E-state index in [4.69, 9.17) is 11.6 Å². The van der Waals surface area contributed by atoms with Crippen molar-refractivity contribution in [3.8, 4) is 0 Å². The zero-order chi connectivity index (χ0) is 21.3. The van der Waals surface area contributed by atoms with Gasteiger partial charge in [0.25, 0.3) is 0 Å². The topological polar surface area (TPSA) is 106 Å². The fraction of sp³-hybridized carbons (Fsp3) is 0.0952. The smallest absolute Gasteiger partial charge is 0.334 e. The quantitative estimate of drug-likeness (QED) is 0.315. The summed E-state index contributed by atoms with van der Waals surface area (Å²) in [5.41, 5.74) is 3.26. The molecule has 0 saturated heterocycles. The van der Waals surface area contributed by atoms with Gasteiger partial charge in [0.1, 0.15) is 6.33 Å². The van der Waals surface area contributed by atoms with Crippen LogP contribution in [0.2, 0.25) is 5.02 Å². The third-order valence-electron chi connectivity index (χ3n) is 4.64. The van der Waals surface area contributed by atoms with Gasteiger partial charge in [-0.05, 0) is 43.7 Å². The molecule has 2 aromatic carbocycles. The maximum atomic E-state index is 11.9. The van der Waals surface area contributed by atoms with Gasteiger partial charge in [-0.15, -0.1) is 0 Å². The van der Waals surface area contributed by atoms with Crippen molar-refractivity contribution in [3.05, 3.63) is 81.3 Å². The van der Waals surface area contributed by atoms with Crippen molar-refractivity contribution in [3.63, 3.8) is 0 Å². The number of aryl methyl sites for hydroxylation is 1. The molecule has 0 aliphatic heterocycles. The van der Waals surface area contributed by atoms with Crippen molar-refractivity contribution >= 4 is 51.2 Å². The predicted octanol–water partition coefficient (Wildman–Crippen LogP) is 5.69. The molecule has 150 valence electrons. The number of nitrogens with zero attached hydrogens (tertiary/aromatic N) is 4. The number of aromatic nitrogens is 3. The number of halogens is 1. The van der Waals surface area contributed by atoms with Crippen molar-refractivity contribution in [2.45, 2.75) is 13.8 Å². The largest absolute Gasteiger partial charge is 0.353 e. The Labute approximate surface area is 177 Å². The average molecular weight is 421 g/mol. The molecule has 0 bridgehead atoms. The molecule has 0 unspecified atom stereocenters. The lowest BCUT2D eigenvalue weighted by Gasteiger charge is -2.13. The van der Waals surface area contributed by atoms with Gasteiger partial charge < -0.3 is 10.6 Å². The molecule has 4 aromatic rings. The van der Waals surface area contributed by atoms with Gasteiger partial charge in [-0.2, -0.15) is 0 Å². The van der Waals surface area contributed by atoms with Crippen LogP contribution in [0.3, 0.4) is 0 Å². The van der Waals surface area contributed by atoms with Crippen molar-refractivity contribution in [2.75, 3.05) is 10.6 Å². The molecule has 0 amide bonds. The molecule has 2 heterocycles. The first-order valence-electron chi connectivity index (χ1n) is 9.09. The second-order valence-electron chi connectivity index (χ2n) is 6.67. The van der Waals surface area contributed by atoms with E-state index >= 15 is 0 Å². The normalized spacial score (nSPS) is 10.8. The van der Waals surface area contributed by atoms with Crippen LogP contribution >= 0.6 is 11.6 Å². The first-order chi connectivity index (χ1) is 14.4. The lowest BCUT2D eigenvalue weighted by atomic mass is 10.1. The highest BCUT2D eigenvalue weighted by molar-refractivity contribution is 6.31. The van der Waals surface area contributed by atoms with Crippen LogP contribution in [-0.2, 0) is 0 Å². The van der Waals surface area contributed by atoms with Gasteiger partial charge in [0.2, 0.25) is 11.6 Å². The Hall–Kier alpha value is -3.78. The molecule has 0 atom stereocenters. The molecular weight excluding hydrogens is 404 g/mol. The summed E-state index contributed by atoms with van der Waals surface area (Å²) in [7, 11) is 0. The highest BCUT2D eigenvalue weighted by atomic mass is 35.5. The summed E-state index contributed by atoms with van der Waals surface area (Å²) in [6.45, 7) is 3.71. The van der Waals surface area contributed by atoms with Gasteiger partial charge >= 0.3 is 5.69 Å². The number of hydrogen-bond donors (Lipinski definition) is 2. The Bertz CT molecular complexity index is 1280. The number of nitrogens with one attached hydrogen (secondary N) is 2. The summed E-state index contributed by atoms with van der Waals surface area (Å²) >= 11 is 6.16. The van der Waals surface area contributed by atoms with E-state index in [0.29, 0.717) is 21.9 Å². The van der Waals surface area contributed by atoms with Crippen LogP contribution in [0.25, 0.3) is 10.9 Å². The molecule has 30 heavy (non-hydrogen) atoms. The van der Waals surface area contributed by atoms with Crippen LogP contribution < -0.4 is 10.6 Å². The first-order valence-corrected chi connectivity index (χ1v) is 9.47. The van der Waals surface area contributed by atoms with E-state index in [1.165, 1.54) is 6.33 Å². The van der Waals surface area contributed by atoms with Gasteiger partial charge in [-0.1, -0.05) is 35.9 Å². The summed E-state index contributed by atoms with van der Waals surface area (Å²) in [6.07, 6.45) is 1.27. The number of anilines is 4. The van der Waals surface area contributed by atoms with Crippen molar-refractivity contribution < 1.29 is 4.92 Å². The maximum Gasteiger partial charge on any atom is 0.353 e. The second-order valence-corrected chi connectivity index (χ2v) is 7.08. The van der Waals surface area contributed by atoms with Gasteiger partial charge in [0, 0.05) is 21.8 Å². The van der Waals surface area contributed by atoms with Crippen LogP contribution in [-0.4, -0.2) is 19.9 Å². The SMILES string of the molecule is Cc1ccc2cccc(Nc3ncnc(Nc4cccc(Cl)c4C)c3[N+](=O)[O-])c2n1. The molecule has 0 aliphatic rings. The van der Waals surface area contributed by atoms with E-state index in [1.807, 2.05) is 38.1 Å². The molecular formula is C21H17ClN6O2. The number of pyridine rings is 1. The minimum Gasteiger partial charge on any atom is -0.334 e. The molecule has 0 radical (unpaired) electrons. The molecule has 0 fully saturated rings. The van der Waals surface area contributed by atoms with E-state index < -0.39 is 4.92 Å². The highest BCUT2D eigenvalue weighted by Gasteiger charge is 2.24. The monoisotopic (exact) mass is 420 g/mol. The van der Waals surface area contributed by atoms with Gasteiger partial charge in [0.05, 0.1) is 16.1 Å². The van der Waals surface area contributed by atoms with Gasteiger partial charge in [0.15, 0.2) is 0 Å². The van der Waals surface area contributed by atoms with Gasteiger partial charge in [-0.25, -0.2) is 9.97 Å². The molecule has 0 spiro atoms. The molecule has 4 rings (SSSR count). The average Bonchev–Trinajstić information content (AvgIpc) is 2.72. The number of benzene rings is 2. The summed E-state index contributed by atoms with van der Waals surface area (Å²) in [4.78, 5) is 24.1. The molecule has 9 heteroatoms. The number of para-hydroxylation sites is 1. The standard InChI is InChI=1S/C21H17ClN6O2/c1-12-9-10-14-5-3-8-17(18(14)25-12)27-21-19(28(29)30)20(23-11-24-21)26-16-7-4-6-15(22)13(16)2/h3-11H,1-2H3,(H2,23,24,26,27). The van der Waals surface area contributed by atoms with Crippen LogP contribution in [0.15, 0.2) is 54.9 Å². The second kappa shape index (κ2) is 7.92. The van der Waals surface area contributed by atoms with Crippen molar-refractivity contribution in [1.82, 2.24) is 15.0 Å². The van der Waals surface area contributed by atoms with E-state index in [1.54, 1.807) is 24.3 Å². The Kier molecular flexibility index (Phi) is 5.16. The van der Waals surface area contributed by atoms with Crippen LogP contribution in [0.5, 0.6) is 0 Å². The van der Waals surface area contributed by atoms with Crippen LogP contribution in [0.1, 0.15) is 11.3 Å². The summed E-state index contributed by atoms with van der Waals surface area (Å²) < 4.78 is 0. The van der Waals surface area contributed by atoms with E-state index in [9.17, 15) is 10.1 Å². The highest BCUT2D eigenvalue weighted by Crippen LogP contribution is 2.35. The van der Waals surface area contributed by atoms with E-state index in [0.717, 1.165) is 16.6 Å². The fourth-order valence-electron chi connectivity index (χ4n) is 3.08. The van der Waals surface area contributed by atoms with Crippen molar-refractivity contribution in [1.29, 1.82) is 0 Å². The summed E-state index contributed by atoms with van der Waals surface area (Å²) in [5, 5.41) is 19.4. The molecule has 0 saturated carbocycles. The van der Waals surface area contributed by atoms with Crippen LogP contribution in [0, 0.1) is 24.0 Å². The Morgan fingerprint density at radius 1 is 0.933 bits per heavy atom. The third kappa shape index (κ3) is 3.72. The number of fused-ring (bicyclic) bond motifs is 1. The summed E-state index contributed by atoms with van der Waals surface area (Å²) in [5.74, 6) is 0.125. The number of hydrogen-bond acceptors (Lipinski definition) is 7. The van der Waals surface area contributed by atoms with Crippen LogP contribution in [0.4, 0.5) is 28.7 Å². The zero-order valence-electron chi connectivity index (χ0n) is 16.2. The molecule has 8 nitrogen and oxygen atoms in total. The minimum atomic E-state index is -0.519. The Balaban J connectivity index is 1.78. The first kappa shape index (κ1) is 19.5. The summed E-state index contributed by atoms with van der Waals surface area (Å²) in [6, 6.07) is 14.7. The van der Waals surface area contributed by atoms with Gasteiger partial charge in [-0.3, -0.25) is 15.1 Å². The minimum absolute atomic E-state index is 0.0623. The Morgan fingerprint density at radius 2 is 1.60 bits per heavy atom. The Morgan fingerprint density at radius 3 is 2.33 bits per heavy atom. The lowest BCUT2D eigenvalue weighted by Crippen LogP contribution is -2.06. The fourth-order valence-corrected chi connectivity index (χ4v) is 3.25. The van der Waals surface area contributed by atoms with E-state index in [2.05, 4.69) is 25.6 Å².